The number of nitrogens with one attached hydrogen (secondary N) is 1. The molecule has 8 nitrogen and oxygen atoms in total. The van der Waals surface area contributed by atoms with Crippen molar-refractivity contribution in [3.63, 3.8) is 0 Å². The number of hydrogen-bond donors (Lipinski definition) is 2. The molecule has 2 heterocycles. The van der Waals surface area contributed by atoms with E-state index >= 15 is 0 Å². The number of aldehydes is 1. The quantitative estimate of drug-likeness (QED) is 0.555. The van der Waals surface area contributed by atoms with E-state index in [-0.39, 0.29) is 5.04 Å². The predicted octanol–water partition coefficient (Wildman–Crippen LogP) is 1.14. The Hall–Kier alpha value is -1.26. The van der Waals surface area contributed by atoms with Gasteiger partial charge in [-0.05, 0) is 24.2 Å². The molecule has 2 aliphatic rings. The van der Waals surface area contributed by atoms with E-state index in [4.69, 9.17) is 19.6 Å². The number of rotatable bonds is 5. The van der Waals surface area contributed by atoms with Crippen molar-refractivity contribution < 1.29 is 23.5 Å². The van der Waals surface area contributed by atoms with Gasteiger partial charge < -0.3 is 29.7 Å². The Morgan fingerprint density at radius 3 is 2.48 bits per heavy atom. The number of carbonyl (C=O) groups excluding carboxylic acids is 2. The first-order valence-corrected chi connectivity index (χ1v) is 11.3. The molecular weight excluding hydrogens is 342 g/mol. The molecule has 0 spiro atoms. The van der Waals surface area contributed by atoms with E-state index in [1.54, 1.807) is 12.3 Å². The van der Waals surface area contributed by atoms with E-state index in [0.717, 1.165) is 0 Å². The maximum atomic E-state index is 12.2. The summed E-state index contributed by atoms with van der Waals surface area (Å²) in [4.78, 5) is 25.2. The van der Waals surface area contributed by atoms with Gasteiger partial charge in [-0.2, -0.15) is 0 Å². The summed E-state index contributed by atoms with van der Waals surface area (Å²) in [5.41, 5.74) is 5.67. The molecule has 9 heteroatoms. The van der Waals surface area contributed by atoms with E-state index in [1.807, 2.05) is 0 Å². The fourth-order valence-electron chi connectivity index (χ4n) is 2.62. The zero-order valence-electron chi connectivity index (χ0n) is 15.7. The van der Waals surface area contributed by atoms with Gasteiger partial charge in [0.1, 0.15) is 18.3 Å². The van der Waals surface area contributed by atoms with Crippen LogP contribution in [0, 0.1) is 0 Å². The summed E-state index contributed by atoms with van der Waals surface area (Å²) in [6, 6.07) is -0.403. The highest BCUT2D eigenvalue weighted by Crippen LogP contribution is 2.40. The zero-order chi connectivity index (χ0) is 19.0. The van der Waals surface area contributed by atoms with E-state index in [0.29, 0.717) is 6.29 Å². The Morgan fingerprint density at radius 2 is 2.00 bits per heavy atom. The fraction of sp³-hybridized carbons (Fsp3) is 0.750. The average Bonchev–Trinajstić information content (AvgIpc) is 2.82. The molecule has 0 bridgehead atoms. The van der Waals surface area contributed by atoms with Crippen molar-refractivity contribution in [2.45, 2.75) is 69.6 Å². The molecule has 3 unspecified atom stereocenters. The summed E-state index contributed by atoms with van der Waals surface area (Å²) < 4.78 is 17.8. The maximum absolute atomic E-state index is 12.2. The van der Waals surface area contributed by atoms with E-state index in [1.165, 1.54) is 12.0 Å². The molecule has 0 aromatic heterocycles. The van der Waals surface area contributed by atoms with E-state index in [9.17, 15) is 9.59 Å². The van der Waals surface area contributed by atoms with Crippen LogP contribution in [0.5, 0.6) is 0 Å². The van der Waals surface area contributed by atoms with Crippen molar-refractivity contribution in [2.24, 2.45) is 5.73 Å². The van der Waals surface area contributed by atoms with Crippen molar-refractivity contribution >= 4 is 20.6 Å². The van der Waals surface area contributed by atoms with Gasteiger partial charge in [-0.15, -0.1) is 0 Å². The predicted molar refractivity (Wildman–Crippen MR) is 95.1 cm³/mol. The van der Waals surface area contributed by atoms with Crippen molar-refractivity contribution in [1.29, 1.82) is 0 Å². The fourth-order valence-corrected chi connectivity index (χ4v) is 3.92. The Morgan fingerprint density at radius 1 is 1.36 bits per heavy atom. The van der Waals surface area contributed by atoms with Crippen LogP contribution in [-0.2, 0) is 18.7 Å². The number of hydrogen-bond acceptors (Lipinski definition) is 6. The normalized spacial score (nSPS) is 33.5. The second kappa shape index (κ2) is 7.16. The lowest BCUT2D eigenvalue weighted by molar-refractivity contribution is -0.123. The lowest BCUT2D eigenvalue weighted by atomic mass is 10.1. The number of nitrogens with zero attached hydrogens (tertiary/aromatic N) is 1. The molecule has 5 atom stereocenters. The number of amides is 2. The first-order chi connectivity index (χ1) is 11.5. The molecule has 0 radical (unpaired) electrons. The molecule has 3 N–H and O–H groups in total. The Kier molecular flexibility index (Phi) is 5.74. The van der Waals surface area contributed by atoms with Gasteiger partial charge in [-0.1, -0.05) is 20.8 Å². The second-order valence-corrected chi connectivity index (χ2v) is 12.7. The van der Waals surface area contributed by atoms with Gasteiger partial charge in [-0.3, -0.25) is 4.90 Å². The minimum Gasteiger partial charge on any atom is -0.408 e. The molecule has 0 aliphatic carbocycles. The number of ether oxygens (including phenoxy) is 2. The van der Waals surface area contributed by atoms with E-state index in [2.05, 4.69) is 39.2 Å². The SMILES string of the molecule is COC1C(O[Si](C)(C)C(C)(C)C)[C@@H](C=O)O[C@H]1N1C=CC(N)NC1=O. The van der Waals surface area contributed by atoms with Gasteiger partial charge in [0.15, 0.2) is 20.8 Å². The third-order valence-electron chi connectivity index (χ3n) is 5.12. The Labute approximate surface area is 149 Å². The Balaban J connectivity index is 2.27. The largest absolute Gasteiger partial charge is 0.408 e. The van der Waals surface area contributed by atoms with Gasteiger partial charge in [-0.25, -0.2) is 4.79 Å². The summed E-state index contributed by atoms with van der Waals surface area (Å²) in [5, 5.41) is 2.56. The number of methoxy groups -OCH3 is 1. The summed E-state index contributed by atoms with van der Waals surface area (Å²) in [6.45, 7) is 10.5. The highest BCUT2D eigenvalue weighted by atomic mass is 28.4. The lowest BCUT2D eigenvalue weighted by Gasteiger charge is -2.40. The van der Waals surface area contributed by atoms with Crippen LogP contribution in [0.25, 0.3) is 0 Å². The van der Waals surface area contributed by atoms with Crippen LogP contribution in [0.3, 0.4) is 0 Å². The van der Waals surface area contributed by atoms with Crippen molar-refractivity contribution in [2.75, 3.05) is 7.11 Å². The van der Waals surface area contributed by atoms with Crippen LogP contribution < -0.4 is 11.1 Å². The van der Waals surface area contributed by atoms with Crippen LogP contribution in [-0.4, -0.2) is 63.3 Å². The zero-order valence-corrected chi connectivity index (χ0v) is 16.7. The number of carbonyl (C=O) groups is 2. The van der Waals surface area contributed by atoms with E-state index < -0.39 is 45.1 Å². The topological polar surface area (TPSA) is 103 Å². The molecule has 2 aliphatic heterocycles. The Bertz CT molecular complexity index is 548. The molecule has 142 valence electrons. The molecule has 1 saturated heterocycles. The van der Waals surface area contributed by atoms with Crippen molar-refractivity contribution in [3.8, 4) is 0 Å². The van der Waals surface area contributed by atoms with Crippen LogP contribution in [0.4, 0.5) is 4.79 Å². The van der Waals surface area contributed by atoms with Crippen LogP contribution in [0.15, 0.2) is 12.3 Å². The van der Waals surface area contributed by atoms with Crippen LogP contribution in [0.2, 0.25) is 18.1 Å². The average molecular weight is 372 g/mol. The molecule has 25 heavy (non-hydrogen) atoms. The second-order valence-electron chi connectivity index (χ2n) is 7.89. The number of urea groups is 1. The first kappa shape index (κ1) is 20.1. The maximum Gasteiger partial charge on any atom is 0.325 e. The molecule has 0 aromatic rings. The van der Waals surface area contributed by atoms with Gasteiger partial charge >= 0.3 is 6.03 Å². The summed E-state index contributed by atoms with van der Waals surface area (Å²) in [7, 11) is -0.648. The molecule has 2 amide bonds. The summed E-state index contributed by atoms with van der Waals surface area (Å²) in [6.07, 6.45) is 0.610. The monoisotopic (exact) mass is 371 g/mol. The molecule has 0 aromatic carbocycles. The summed E-state index contributed by atoms with van der Waals surface area (Å²) >= 11 is 0. The third-order valence-corrected chi connectivity index (χ3v) is 9.60. The van der Waals surface area contributed by atoms with Crippen molar-refractivity contribution in [1.82, 2.24) is 10.2 Å². The minimum absolute atomic E-state index is 0.0357. The van der Waals surface area contributed by atoms with Gasteiger partial charge in [0.2, 0.25) is 0 Å². The number of nitrogens with two attached hydrogens (primary N) is 1. The van der Waals surface area contributed by atoms with Gasteiger partial charge in [0.25, 0.3) is 0 Å². The molecule has 1 fully saturated rings. The van der Waals surface area contributed by atoms with Crippen molar-refractivity contribution in [3.05, 3.63) is 12.3 Å². The van der Waals surface area contributed by atoms with Gasteiger partial charge in [0, 0.05) is 13.3 Å². The van der Waals surface area contributed by atoms with Crippen LogP contribution in [0.1, 0.15) is 20.8 Å². The molecular formula is C16H29N3O5Si. The minimum atomic E-state index is -2.17. The van der Waals surface area contributed by atoms with Crippen LogP contribution >= 0.6 is 0 Å². The molecule has 0 saturated carbocycles. The first-order valence-electron chi connectivity index (χ1n) is 8.36. The van der Waals surface area contributed by atoms with Gasteiger partial charge in [0.05, 0.1) is 6.17 Å². The standard InChI is InChI=1S/C16H29N3O5Si/c1-16(2,3)25(5,6)24-12-10(9-20)23-14(13(12)22-4)19-8-7-11(17)18-15(19)21/h7-14H,17H2,1-6H3,(H,18,21)/t10-,11?,12?,13?,14-/m1/s1. The third kappa shape index (κ3) is 3.95. The summed E-state index contributed by atoms with van der Waals surface area (Å²) in [5.74, 6) is 0. The smallest absolute Gasteiger partial charge is 0.325 e. The molecule has 2 rings (SSSR count). The highest BCUT2D eigenvalue weighted by molar-refractivity contribution is 6.74. The lowest BCUT2D eigenvalue weighted by Crippen LogP contribution is -2.56. The highest BCUT2D eigenvalue weighted by Gasteiger charge is 2.53.